The molecule has 0 heterocycles. The predicted octanol–water partition coefficient (Wildman–Crippen LogP) is 0.299. The summed E-state index contributed by atoms with van der Waals surface area (Å²) in [7, 11) is 0. The molecule has 1 aromatic rings. The summed E-state index contributed by atoms with van der Waals surface area (Å²) >= 11 is 0. The first-order valence-electron chi connectivity index (χ1n) is 4.41. The number of hydrogen-bond acceptors (Lipinski definition) is 3. The van der Waals surface area contributed by atoms with Crippen LogP contribution >= 0.6 is 0 Å². The van der Waals surface area contributed by atoms with Crippen LogP contribution in [-0.4, -0.2) is 24.2 Å². The number of carbonyl (C=O) groups is 1. The second-order valence-corrected chi connectivity index (χ2v) is 3.02. The number of aryl methyl sites for hydroxylation is 1. The summed E-state index contributed by atoms with van der Waals surface area (Å²) in [5.41, 5.74) is 7.45. The molecule has 0 unspecified atom stereocenters. The molecule has 0 aromatic heterocycles. The van der Waals surface area contributed by atoms with Crippen LogP contribution in [0.3, 0.4) is 0 Å². The van der Waals surface area contributed by atoms with Gasteiger partial charge in [-0.05, 0) is 18.6 Å². The van der Waals surface area contributed by atoms with Crippen LogP contribution in [-0.2, 0) is 0 Å². The van der Waals surface area contributed by atoms with Crippen molar-refractivity contribution in [1.82, 2.24) is 5.32 Å². The highest BCUT2D eigenvalue weighted by Crippen LogP contribution is 2.15. The van der Waals surface area contributed by atoms with E-state index >= 15 is 0 Å². The summed E-state index contributed by atoms with van der Waals surface area (Å²) in [6.45, 7) is 1.99. The van der Waals surface area contributed by atoms with Crippen LogP contribution in [0, 0.1) is 6.92 Å². The van der Waals surface area contributed by atoms with Crippen molar-refractivity contribution in [2.75, 3.05) is 18.9 Å². The molecule has 76 valence electrons. The van der Waals surface area contributed by atoms with Crippen molar-refractivity contribution < 1.29 is 9.90 Å². The number of nitrogen functional groups attached to an aromatic ring is 1. The van der Waals surface area contributed by atoms with Crippen molar-refractivity contribution in [3.05, 3.63) is 29.3 Å². The average molecular weight is 194 g/mol. The third kappa shape index (κ3) is 2.23. The molecule has 0 fully saturated rings. The smallest absolute Gasteiger partial charge is 0.253 e. The monoisotopic (exact) mass is 194 g/mol. The number of aliphatic hydroxyl groups is 1. The Hall–Kier alpha value is -1.55. The van der Waals surface area contributed by atoms with Gasteiger partial charge in [0.1, 0.15) is 0 Å². The average Bonchev–Trinajstić information content (AvgIpc) is 2.14. The van der Waals surface area contributed by atoms with Gasteiger partial charge in [0, 0.05) is 12.2 Å². The topological polar surface area (TPSA) is 75.4 Å². The van der Waals surface area contributed by atoms with Crippen molar-refractivity contribution in [2.45, 2.75) is 6.92 Å². The quantitative estimate of drug-likeness (QED) is 0.606. The summed E-state index contributed by atoms with van der Waals surface area (Å²) in [4.78, 5) is 11.5. The maximum Gasteiger partial charge on any atom is 0.253 e. The van der Waals surface area contributed by atoms with Crippen molar-refractivity contribution in [2.24, 2.45) is 0 Å². The van der Waals surface area contributed by atoms with Gasteiger partial charge in [-0.1, -0.05) is 12.1 Å². The lowest BCUT2D eigenvalue weighted by Gasteiger charge is -2.08. The van der Waals surface area contributed by atoms with E-state index in [2.05, 4.69) is 5.32 Å². The molecule has 0 aliphatic carbocycles. The maximum atomic E-state index is 11.5. The van der Waals surface area contributed by atoms with Crippen molar-refractivity contribution >= 4 is 11.6 Å². The molecule has 0 radical (unpaired) electrons. The van der Waals surface area contributed by atoms with Gasteiger partial charge in [-0.15, -0.1) is 0 Å². The first-order valence-corrected chi connectivity index (χ1v) is 4.41. The molecule has 1 amide bonds. The van der Waals surface area contributed by atoms with Crippen LogP contribution in [0.5, 0.6) is 0 Å². The van der Waals surface area contributed by atoms with E-state index in [1.807, 2.05) is 13.0 Å². The van der Waals surface area contributed by atoms with E-state index in [4.69, 9.17) is 10.8 Å². The molecule has 4 nitrogen and oxygen atoms in total. The van der Waals surface area contributed by atoms with E-state index in [0.717, 1.165) is 5.56 Å². The molecule has 0 atom stereocenters. The van der Waals surface area contributed by atoms with E-state index in [9.17, 15) is 4.79 Å². The summed E-state index contributed by atoms with van der Waals surface area (Å²) in [5.74, 6) is -0.241. The lowest BCUT2D eigenvalue weighted by Crippen LogP contribution is -2.27. The van der Waals surface area contributed by atoms with Gasteiger partial charge < -0.3 is 16.2 Å². The van der Waals surface area contributed by atoms with Crippen LogP contribution in [0.1, 0.15) is 15.9 Å². The molecule has 0 bridgehead atoms. The van der Waals surface area contributed by atoms with Gasteiger partial charge in [0.2, 0.25) is 0 Å². The van der Waals surface area contributed by atoms with Gasteiger partial charge >= 0.3 is 0 Å². The van der Waals surface area contributed by atoms with Crippen LogP contribution in [0.2, 0.25) is 0 Å². The van der Waals surface area contributed by atoms with E-state index in [1.165, 1.54) is 0 Å². The first-order chi connectivity index (χ1) is 6.66. The number of amides is 1. The van der Waals surface area contributed by atoms with Gasteiger partial charge in [0.15, 0.2) is 0 Å². The SMILES string of the molecule is Cc1cccc(N)c1C(=O)NCCO. The summed E-state index contributed by atoms with van der Waals surface area (Å²) in [6.07, 6.45) is 0. The fraction of sp³-hybridized carbons (Fsp3) is 0.300. The van der Waals surface area contributed by atoms with E-state index in [-0.39, 0.29) is 19.1 Å². The highest BCUT2D eigenvalue weighted by molar-refractivity contribution is 6.00. The fourth-order valence-electron chi connectivity index (χ4n) is 1.26. The predicted molar refractivity (Wildman–Crippen MR) is 55.0 cm³/mol. The van der Waals surface area contributed by atoms with Gasteiger partial charge in [-0.3, -0.25) is 4.79 Å². The van der Waals surface area contributed by atoms with Crippen LogP contribution < -0.4 is 11.1 Å². The van der Waals surface area contributed by atoms with Crippen molar-refractivity contribution in [1.29, 1.82) is 0 Å². The second-order valence-electron chi connectivity index (χ2n) is 3.02. The minimum atomic E-state index is -0.241. The summed E-state index contributed by atoms with van der Waals surface area (Å²) in [5, 5.41) is 11.1. The molecular formula is C10H14N2O2. The summed E-state index contributed by atoms with van der Waals surface area (Å²) in [6, 6.07) is 5.30. The number of nitrogens with one attached hydrogen (secondary N) is 1. The zero-order valence-electron chi connectivity index (χ0n) is 8.08. The molecule has 0 aliphatic heterocycles. The molecule has 1 rings (SSSR count). The zero-order valence-corrected chi connectivity index (χ0v) is 8.08. The molecule has 4 heteroatoms. The van der Waals surface area contributed by atoms with Gasteiger partial charge in [-0.25, -0.2) is 0 Å². The number of nitrogens with two attached hydrogens (primary N) is 1. The molecule has 4 N–H and O–H groups in total. The zero-order chi connectivity index (χ0) is 10.6. The Morgan fingerprint density at radius 2 is 2.29 bits per heavy atom. The Balaban J connectivity index is 2.89. The molecule has 14 heavy (non-hydrogen) atoms. The maximum absolute atomic E-state index is 11.5. The molecular weight excluding hydrogens is 180 g/mol. The molecule has 0 spiro atoms. The Morgan fingerprint density at radius 1 is 1.57 bits per heavy atom. The number of rotatable bonds is 3. The van der Waals surface area contributed by atoms with E-state index in [1.54, 1.807) is 12.1 Å². The number of benzene rings is 1. The number of anilines is 1. The number of carbonyl (C=O) groups excluding carboxylic acids is 1. The lowest BCUT2D eigenvalue weighted by atomic mass is 10.1. The van der Waals surface area contributed by atoms with Crippen LogP contribution in [0.4, 0.5) is 5.69 Å². The second kappa shape index (κ2) is 4.62. The lowest BCUT2D eigenvalue weighted by molar-refractivity contribution is 0.0945. The molecule has 0 saturated heterocycles. The Kier molecular flexibility index (Phi) is 3.48. The fourth-order valence-corrected chi connectivity index (χ4v) is 1.26. The van der Waals surface area contributed by atoms with Gasteiger partial charge in [0.05, 0.1) is 12.2 Å². The summed E-state index contributed by atoms with van der Waals surface area (Å²) < 4.78 is 0. The Bertz CT molecular complexity index is 317. The van der Waals surface area contributed by atoms with Gasteiger partial charge in [0.25, 0.3) is 5.91 Å². The standard InChI is InChI=1S/C10H14N2O2/c1-7-3-2-4-8(11)9(7)10(14)12-5-6-13/h2-4,13H,5-6,11H2,1H3,(H,12,14). The normalized spacial score (nSPS) is 9.86. The third-order valence-electron chi connectivity index (χ3n) is 1.93. The highest BCUT2D eigenvalue weighted by Gasteiger charge is 2.10. The largest absolute Gasteiger partial charge is 0.398 e. The minimum Gasteiger partial charge on any atom is -0.398 e. The Morgan fingerprint density at radius 3 is 2.86 bits per heavy atom. The Labute approximate surface area is 82.7 Å². The van der Waals surface area contributed by atoms with Crippen molar-refractivity contribution in [3.63, 3.8) is 0 Å². The third-order valence-corrected chi connectivity index (χ3v) is 1.93. The first kappa shape index (κ1) is 10.5. The molecule has 1 aromatic carbocycles. The number of aliphatic hydroxyl groups excluding tert-OH is 1. The van der Waals surface area contributed by atoms with E-state index in [0.29, 0.717) is 11.3 Å². The van der Waals surface area contributed by atoms with Crippen LogP contribution in [0.15, 0.2) is 18.2 Å². The van der Waals surface area contributed by atoms with E-state index < -0.39 is 0 Å². The minimum absolute atomic E-state index is 0.0719. The molecule has 0 saturated carbocycles. The molecule has 0 aliphatic rings. The highest BCUT2D eigenvalue weighted by atomic mass is 16.3. The van der Waals surface area contributed by atoms with Crippen molar-refractivity contribution in [3.8, 4) is 0 Å². The van der Waals surface area contributed by atoms with Gasteiger partial charge in [-0.2, -0.15) is 0 Å². The van der Waals surface area contributed by atoms with Crippen LogP contribution in [0.25, 0.3) is 0 Å². The number of hydrogen-bond donors (Lipinski definition) is 3.